The Morgan fingerprint density at radius 2 is 2.05 bits per heavy atom. The molecule has 0 aliphatic heterocycles. The molecule has 0 unspecified atom stereocenters. The number of aromatic nitrogens is 2. The quantitative estimate of drug-likeness (QED) is 0.600. The molecule has 2 rings (SSSR count). The van der Waals surface area contributed by atoms with E-state index >= 15 is 0 Å². The third-order valence-electron chi connectivity index (χ3n) is 3.58. The van der Waals surface area contributed by atoms with Gasteiger partial charge in [0.15, 0.2) is 0 Å². The van der Waals surface area contributed by atoms with Crippen molar-refractivity contribution in [1.29, 1.82) is 0 Å². The van der Waals surface area contributed by atoms with Gasteiger partial charge in [0.1, 0.15) is 5.69 Å². The summed E-state index contributed by atoms with van der Waals surface area (Å²) in [5.41, 5.74) is 2.86. The summed E-state index contributed by atoms with van der Waals surface area (Å²) in [6.07, 6.45) is 5.14. The molecule has 4 heteroatoms. The number of unbranched alkanes of at least 4 members (excludes halogenated alkanes) is 1. The first-order valence-corrected chi connectivity index (χ1v) is 7.39. The van der Waals surface area contributed by atoms with E-state index in [-0.39, 0.29) is 12.0 Å². The van der Waals surface area contributed by atoms with Crippen molar-refractivity contribution in [2.24, 2.45) is 0 Å². The van der Waals surface area contributed by atoms with Gasteiger partial charge in [-0.25, -0.2) is 9.78 Å². The fraction of sp³-hybridized carbons (Fsp3) is 0.412. The van der Waals surface area contributed by atoms with Gasteiger partial charge in [-0.2, -0.15) is 0 Å². The molecule has 21 heavy (non-hydrogen) atoms. The normalized spacial score (nSPS) is 12.1. The van der Waals surface area contributed by atoms with E-state index in [9.17, 15) is 4.79 Å². The molecule has 0 bridgehead atoms. The second-order valence-electron chi connectivity index (χ2n) is 5.26. The van der Waals surface area contributed by atoms with Gasteiger partial charge in [0.05, 0.1) is 25.2 Å². The lowest BCUT2D eigenvalue weighted by Crippen LogP contribution is -2.16. The van der Waals surface area contributed by atoms with E-state index < -0.39 is 0 Å². The number of rotatable bonds is 6. The maximum absolute atomic E-state index is 12.1. The molecule has 1 aromatic heterocycles. The lowest BCUT2D eigenvalue weighted by atomic mass is 10.1. The number of hydrogen-bond acceptors (Lipinski definition) is 3. The van der Waals surface area contributed by atoms with Crippen molar-refractivity contribution in [3.05, 3.63) is 53.6 Å². The zero-order valence-corrected chi connectivity index (χ0v) is 12.9. The van der Waals surface area contributed by atoms with Crippen molar-refractivity contribution in [1.82, 2.24) is 9.55 Å². The molecule has 0 saturated heterocycles. The summed E-state index contributed by atoms with van der Waals surface area (Å²) in [7, 11) is 0. The van der Waals surface area contributed by atoms with Gasteiger partial charge in [0, 0.05) is 0 Å². The number of esters is 1. The topological polar surface area (TPSA) is 44.1 Å². The zero-order valence-electron chi connectivity index (χ0n) is 12.9. The van der Waals surface area contributed by atoms with E-state index in [1.54, 1.807) is 12.5 Å². The highest BCUT2D eigenvalue weighted by molar-refractivity contribution is 5.87. The second-order valence-corrected chi connectivity index (χ2v) is 5.26. The fourth-order valence-electron chi connectivity index (χ4n) is 2.16. The number of imidazole rings is 1. The van der Waals surface area contributed by atoms with Crippen LogP contribution in [0.25, 0.3) is 0 Å². The van der Waals surface area contributed by atoms with Crippen LogP contribution in [0.4, 0.5) is 0 Å². The molecule has 0 radical (unpaired) electrons. The number of carbonyl (C=O) groups is 1. The first-order chi connectivity index (χ1) is 10.1. The van der Waals surface area contributed by atoms with Crippen molar-refractivity contribution in [3.8, 4) is 0 Å². The van der Waals surface area contributed by atoms with Crippen LogP contribution in [-0.4, -0.2) is 22.1 Å². The minimum atomic E-state index is -0.306. The Kier molecular flexibility index (Phi) is 5.14. The van der Waals surface area contributed by atoms with Crippen LogP contribution in [0, 0.1) is 6.92 Å². The lowest BCUT2D eigenvalue weighted by Gasteiger charge is -2.16. The Labute approximate surface area is 125 Å². The molecule has 1 aromatic carbocycles. The van der Waals surface area contributed by atoms with Gasteiger partial charge in [-0.1, -0.05) is 43.2 Å². The SMILES string of the molecule is CCCCOC(=O)c1cncn1[C@H](C)c1ccc(C)cc1. The highest BCUT2D eigenvalue weighted by Crippen LogP contribution is 2.20. The first-order valence-electron chi connectivity index (χ1n) is 7.39. The molecule has 0 saturated carbocycles. The van der Waals surface area contributed by atoms with Crippen LogP contribution >= 0.6 is 0 Å². The van der Waals surface area contributed by atoms with E-state index in [4.69, 9.17) is 4.74 Å². The molecule has 0 aliphatic rings. The Bertz CT molecular complexity index is 587. The molecule has 0 amide bonds. The molecule has 112 valence electrons. The number of ether oxygens (including phenoxy) is 1. The monoisotopic (exact) mass is 286 g/mol. The van der Waals surface area contributed by atoms with Crippen molar-refractivity contribution in [2.75, 3.05) is 6.61 Å². The molecule has 1 heterocycles. The number of benzene rings is 1. The van der Waals surface area contributed by atoms with Gasteiger partial charge in [0.2, 0.25) is 0 Å². The van der Waals surface area contributed by atoms with Crippen LogP contribution in [0.15, 0.2) is 36.8 Å². The summed E-state index contributed by atoms with van der Waals surface area (Å²) in [4.78, 5) is 16.2. The fourth-order valence-corrected chi connectivity index (χ4v) is 2.16. The molecule has 1 atom stereocenters. The number of hydrogen-bond donors (Lipinski definition) is 0. The molecule has 0 N–H and O–H groups in total. The Morgan fingerprint density at radius 1 is 1.33 bits per heavy atom. The first kappa shape index (κ1) is 15.3. The van der Waals surface area contributed by atoms with Crippen LogP contribution in [0.5, 0.6) is 0 Å². The molecule has 4 nitrogen and oxygen atoms in total. The van der Waals surface area contributed by atoms with Crippen LogP contribution in [0.3, 0.4) is 0 Å². The van der Waals surface area contributed by atoms with E-state index in [0.29, 0.717) is 12.3 Å². The molecule has 0 spiro atoms. The highest BCUT2D eigenvalue weighted by Gasteiger charge is 2.18. The Balaban J connectivity index is 2.15. The van der Waals surface area contributed by atoms with Gasteiger partial charge < -0.3 is 9.30 Å². The van der Waals surface area contributed by atoms with E-state index in [1.807, 2.05) is 4.57 Å². The second kappa shape index (κ2) is 7.07. The molecule has 0 aliphatic carbocycles. The van der Waals surface area contributed by atoms with Crippen LogP contribution in [0.1, 0.15) is 54.3 Å². The number of carbonyl (C=O) groups excluding carboxylic acids is 1. The summed E-state index contributed by atoms with van der Waals surface area (Å²) in [6.45, 7) is 6.63. The van der Waals surface area contributed by atoms with Gasteiger partial charge in [-0.15, -0.1) is 0 Å². The van der Waals surface area contributed by atoms with Gasteiger partial charge >= 0.3 is 5.97 Å². The Hall–Kier alpha value is -2.10. The predicted molar refractivity (Wildman–Crippen MR) is 82.4 cm³/mol. The highest BCUT2D eigenvalue weighted by atomic mass is 16.5. The summed E-state index contributed by atoms with van der Waals surface area (Å²) in [6, 6.07) is 8.34. The van der Waals surface area contributed by atoms with E-state index in [0.717, 1.165) is 18.4 Å². The standard InChI is InChI=1S/C17H22N2O2/c1-4-5-10-21-17(20)16-11-18-12-19(16)14(3)15-8-6-13(2)7-9-15/h6-9,11-12,14H,4-5,10H2,1-3H3/t14-/m1/s1. The molecule has 2 aromatic rings. The average molecular weight is 286 g/mol. The van der Waals surface area contributed by atoms with E-state index in [2.05, 4.69) is 50.0 Å². The summed E-state index contributed by atoms with van der Waals surface area (Å²) in [5, 5.41) is 0. The number of aryl methyl sites for hydroxylation is 1. The van der Waals surface area contributed by atoms with Gasteiger partial charge in [0.25, 0.3) is 0 Å². The zero-order chi connectivity index (χ0) is 15.2. The largest absolute Gasteiger partial charge is 0.461 e. The molecular formula is C17H22N2O2. The molecule has 0 fully saturated rings. The van der Waals surface area contributed by atoms with Crippen molar-refractivity contribution >= 4 is 5.97 Å². The third kappa shape index (κ3) is 3.72. The minimum Gasteiger partial charge on any atom is -0.461 e. The van der Waals surface area contributed by atoms with Crippen molar-refractivity contribution < 1.29 is 9.53 Å². The predicted octanol–water partition coefficient (Wildman–Crippen LogP) is 3.76. The molecular weight excluding hydrogens is 264 g/mol. The maximum atomic E-state index is 12.1. The van der Waals surface area contributed by atoms with Crippen LogP contribution < -0.4 is 0 Å². The average Bonchev–Trinajstić information content (AvgIpc) is 2.97. The van der Waals surface area contributed by atoms with Crippen molar-refractivity contribution in [2.45, 2.75) is 39.7 Å². The van der Waals surface area contributed by atoms with E-state index in [1.165, 1.54) is 5.56 Å². The maximum Gasteiger partial charge on any atom is 0.356 e. The van der Waals surface area contributed by atoms with Crippen molar-refractivity contribution in [3.63, 3.8) is 0 Å². The van der Waals surface area contributed by atoms with Crippen LogP contribution in [0.2, 0.25) is 0 Å². The third-order valence-corrected chi connectivity index (χ3v) is 3.58. The summed E-state index contributed by atoms with van der Waals surface area (Å²) >= 11 is 0. The minimum absolute atomic E-state index is 0.0434. The Morgan fingerprint density at radius 3 is 2.71 bits per heavy atom. The smallest absolute Gasteiger partial charge is 0.356 e. The van der Waals surface area contributed by atoms with Crippen LogP contribution in [-0.2, 0) is 4.74 Å². The summed E-state index contributed by atoms with van der Waals surface area (Å²) in [5.74, 6) is -0.306. The van der Waals surface area contributed by atoms with Gasteiger partial charge in [-0.3, -0.25) is 0 Å². The number of nitrogens with zero attached hydrogens (tertiary/aromatic N) is 2. The van der Waals surface area contributed by atoms with Gasteiger partial charge in [-0.05, 0) is 25.8 Å². The summed E-state index contributed by atoms with van der Waals surface area (Å²) < 4.78 is 7.13. The lowest BCUT2D eigenvalue weighted by molar-refractivity contribution is 0.0486.